The summed E-state index contributed by atoms with van der Waals surface area (Å²) in [5, 5.41) is 2.92. The van der Waals surface area contributed by atoms with E-state index in [0.29, 0.717) is 17.2 Å². The number of hydrogen-bond acceptors (Lipinski definition) is 4. The molecule has 2 aromatic rings. The number of pyridine rings is 2. The highest BCUT2D eigenvalue weighted by atomic mass is 16.1. The van der Waals surface area contributed by atoms with Crippen LogP contribution >= 0.6 is 0 Å². The maximum absolute atomic E-state index is 13.0. The molecule has 2 N–H and O–H groups in total. The average molecular weight is 439 g/mol. The highest BCUT2D eigenvalue weighted by Gasteiger charge is 2.28. The van der Waals surface area contributed by atoms with Crippen molar-refractivity contribution in [3.05, 3.63) is 56.8 Å². The van der Waals surface area contributed by atoms with E-state index < -0.39 is 0 Å². The fraction of sp³-hybridized carbons (Fsp3) is 0.577. The monoisotopic (exact) mass is 438 g/mol. The van der Waals surface area contributed by atoms with Crippen LogP contribution in [-0.4, -0.2) is 28.5 Å². The van der Waals surface area contributed by atoms with E-state index in [-0.39, 0.29) is 18.0 Å². The second-order valence-corrected chi connectivity index (χ2v) is 9.56. The van der Waals surface area contributed by atoms with Crippen LogP contribution in [0.5, 0.6) is 0 Å². The molecule has 0 bridgehead atoms. The standard InChI is InChI=1S/C26H38N4O2/c1-7-30(21-10-8-20(9-11-21)16(2)3)24-15-27-13-23(19(24)6)25(31)28-14-22-17(4)12-18(5)29-26(22)32/h12-13,15-16,20-21H,7-11,14H2,1-6H3,(H,28,31)(H,29,32). The van der Waals surface area contributed by atoms with Crippen LogP contribution in [0.15, 0.2) is 23.3 Å². The zero-order valence-corrected chi connectivity index (χ0v) is 20.4. The topological polar surface area (TPSA) is 78.1 Å². The fourth-order valence-corrected chi connectivity index (χ4v) is 5.10. The van der Waals surface area contributed by atoms with Gasteiger partial charge in [-0.25, -0.2) is 0 Å². The van der Waals surface area contributed by atoms with Gasteiger partial charge < -0.3 is 15.2 Å². The van der Waals surface area contributed by atoms with Gasteiger partial charge in [-0.3, -0.25) is 14.6 Å². The Balaban J connectivity index is 1.76. The van der Waals surface area contributed by atoms with Gasteiger partial charge in [0.05, 0.1) is 17.4 Å². The molecule has 6 heteroatoms. The van der Waals surface area contributed by atoms with Gasteiger partial charge in [-0.15, -0.1) is 0 Å². The third-order valence-corrected chi connectivity index (χ3v) is 7.13. The summed E-state index contributed by atoms with van der Waals surface area (Å²) >= 11 is 0. The number of H-pyrrole nitrogens is 1. The lowest BCUT2D eigenvalue weighted by Gasteiger charge is -2.39. The number of aryl methyl sites for hydroxylation is 2. The Hall–Kier alpha value is -2.63. The number of aromatic amines is 1. The lowest BCUT2D eigenvalue weighted by atomic mass is 9.79. The van der Waals surface area contributed by atoms with Crippen molar-refractivity contribution in [1.82, 2.24) is 15.3 Å². The molecule has 1 amide bonds. The number of aromatic nitrogens is 2. The number of nitrogens with one attached hydrogen (secondary N) is 2. The Morgan fingerprint density at radius 1 is 1.19 bits per heavy atom. The van der Waals surface area contributed by atoms with Crippen LogP contribution in [0, 0.1) is 32.6 Å². The normalized spacial score (nSPS) is 18.6. The number of hydrogen-bond donors (Lipinski definition) is 2. The van der Waals surface area contributed by atoms with E-state index in [4.69, 9.17) is 0 Å². The van der Waals surface area contributed by atoms with Crippen LogP contribution in [-0.2, 0) is 6.54 Å². The molecular weight excluding hydrogens is 400 g/mol. The molecule has 6 nitrogen and oxygen atoms in total. The van der Waals surface area contributed by atoms with Gasteiger partial charge >= 0.3 is 0 Å². The van der Waals surface area contributed by atoms with Crippen LogP contribution in [0.3, 0.4) is 0 Å². The molecule has 0 aliphatic heterocycles. The summed E-state index contributed by atoms with van der Waals surface area (Å²) in [6, 6.07) is 2.41. The molecular formula is C26H38N4O2. The van der Waals surface area contributed by atoms with E-state index in [2.05, 4.69) is 41.0 Å². The van der Waals surface area contributed by atoms with Crippen LogP contribution in [0.25, 0.3) is 0 Å². The molecule has 2 aromatic heterocycles. The highest BCUT2D eigenvalue weighted by Crippen LogP contribution is 2.35. The molecule has 1 aliphatic carbocycles. The van der Waals surface area contributed by atoms with E-state index in [1.807, 2.05) is 33.0 Å². The number of carbonyl (C=O) groups is 1. The number of rotatable bonds is 7. The van der Waals surface area contributed by atoms with Crippen LogP contribution < -0.4 is 15.8 Å². The first-order chi connectivity index (χ1) is 15.2. The Bertz CT molecular complexity index is 1000. The smallest absolute Gasteiger partial charge is 0.253 e. The summed E-state index contributed by atoms with van der Waals surface area (Å²) in [6.45, 7) is 13.7. The maximum Gasteiger partial charge on any atom is 0.253 e. The highest BCUT2D eigenvalue weighted by molar-refractivity contribution is 5.96. The summed E-state index contributed by atoms with van der Waals surface area (Å²) in [7, 11) is 0. The van der Waals surface area contributed by atoms with E-state index >= 15 is 0 Å². The van der Waals surface area contributed by atoms with Gasteiger partial charge in [0, 0.05) is 36.6 Å². The minimum atomic E-state index is -0.198. The zero-order valence-electron chi connectivity index (χ0n) is 20.4. The number of amides is 1. The van der Waals surface area contributed by atoms with Gasteiger partial charge in [0.2, 0.25) is 0 Å². The Kier molecular flexibility index (Phi) is 7.75. The molecule has 0 spiro atoms. The zero-order chi connectivity index (χ0) is 23.4. The van der Waals surface area contributed by atoms with Gasteiger partial charge in [0.15, 0.2) is 0 Å². The predicted octanol–water partition coefficient (Wildman–Crippen LogP) is 4.67. The van der Waals surface area contributed by atoms with Crippen molar-refractivity contribution >= 4 is 11.6 Å². The largest absolute Gasteiger partial charge is 0.367 e. The van der Waals surface area contributed by atoms with Gasteiger partial charge in [0.25, 0.3) is 11.5 Å². The number of carbonyl (C=O) groups excluding carboxylic acids is 1. The third kappa shape index (κ3) is 5.22. The number of anilines is 1. The van der Waals surface area contributed by atoms with E-state index in [9.17, 15) is 9.59 Å². The minimum Gasteiger partial charge on any atom is -0.367 e. The van der Waals surface area contributed by atoms with Crippen LogP contribution in [0.2, 0.25) is 0 Å². The van der Waals surface area contributed by atoms with Gasteiger partial charge in [-0.05, 0) is 82.4 Å². The molecule has 1 fully saturated rings. The summed E-state index contributed by atoms with van der Waals surface area (Å²) in [5.74, 6) is 1.36. The van der Waals surface area contributed by atoms with Crippen molar-refractivity contribution in [1.29, 1.82) is 0 Å². The molecule has 0 atom stereocenters. The van der Waals surface area contributed by atoms with E-state index in [1.165, 1.54) is 25.7 Å². The SMILES string of the molecule is CCN(c1cncc(C(=O)NCc2c(C)cc(C)[nH]c2=O)c1C)C1CCC(C(C)C)CC1. The van der Waals surface area contributed by atoms with Crippen molar-refractivity contribution in [2.75, 3.05) is 11.4 Å². The first-order valence-corrected chi connectivity index (χ1v) is 11.9. The first kappa shape index (κ1) is 24.0. The average Bonchev–Trinajstić information content (AvgIpc) is 2.75. The van der Waals surface area contributed by atoms with E-state index in [1.54, 1.807) is 6.20 Å². The molecule has 0 unspecified atom stereocenters. The first-order valence-electron chi connectivity index (χ1n) is 11.9. The van der Waals surface area contributed by atoms with Gasteiger partial charge in [-0.2, -0.15) is 0 Å². The molecule has 1 saturated carbocycles. The Labute approximate surface area is 191 Å². The van der Waals surface area contributed by atoms with Crippen molar-refractivity contribution in [3.63, 3.8) is 0 Å². The lowest BCUT2D eigenvalue weighted by Crippen LogP contribution is -2.39. The van der Waals surface area contributed by atoms with Gasteiger partial charge in [0.1, 0.15) is 0 Å². The Morgan fingerprint density at radius 3 is 2.47 bits per heavy atom. The number of nitrogens with zero attached hydrogens (tertiary/aromatic N) is 2. The second-order valence-electron chi connectivity index (χ2n) is 9.56. The predicted molar refractivity (Wildman–Crippen MR) is 130 cm³/mol. The second kappa shape index (κ2) is 10.3. The van der Waals surface area contributed by atoms with Crippen LogP contribution in [0.1, 0.15) is 79.2 Å². The summed E-state index contributed by atoms with van der Waals surface area (Å²) in [6.07, 6.45) is 8.40. The lowest BCUT2D eigenvalue weighted by molar-refractivity contribution is 0.0949. The fourth-order valence-electron chi connectivity index (χ4n) is 5.10. The molecule has 0 saturated heterocycles. The summed E-state index contributed by atoms with van der Waals surface area (Å²) in [4.78, 5) is 34.9. The quantitative estimate of drug-likeness (QED) is 0.659. The molecule has 0 aromatic carbocycles. The molecule has 0 radical (unpaired) electrons. The molecule has 32 heavy (non-hydrogen) atoms. The minimum absolute atomic E-state index is 0.152. The molecule has 1 aliphatic rings. The maximum atomic E-state index is 13.0. The van der Waals surface area contributed by atoms with Crippen molar-refractivity contribution in [2.24, 2.45) is 11.8 Å². The summed E-state index contributed by atoms with van der Waals surface area (Å²) in [5.41, 5.74) is 4.68. The molecule has 3 rings (SSSR count). The Morgan fingerprint density at radius 2 is 1.88 bits per heavy atom. The van der Waals surface area contributed by atoms with Crippen molar-refractivity contribution < 1.29 is 4.79 Å². The van der Waals surface area contributed by atoms with Crippen molar-refractivity contribution in [3.8, 4) is 0 Å². The summed E-state index contributed by atoms with van der Waals surface area (Å²) < 4.78 is 0. The van der Waals surface area contributed by atoms with Crippen LogP contribution in [0.4, 0.5) is 5.69 Å². The van der Waals surface area contributed by atoms with Crippen molar-refractivity contribution in [2.45, 2.75) is 79.8 Å². The molecule has 2 heterocycles. The van der Waals surface area contributed by atoms with E-state index in [0.717, 1.165) is 40.9 Å². The molecule has 174 valence electrons. The third-order valence-electron chi connectivity index (χ3n) is 7.13. The van der Waals surface area contributed by atoms with Gasteiger partial charge in [-0.1, -0.05) is 13.8 Å².